The van der Waals surface area contributed by atoms with E-state index in [1.165, 1.54) is 36.3 Å². The first kappa shape index (κ1) is 13.0. The van der Waals surface area contributed by atoms with E-state index in [1.54, 1.807) is 0 Å². The first-order valence-electron chi connectivity index (χ1n) is 6.22. The van der Waals surface area contributed by atoms with Gasteiger partial charge in [-0.05, 0) is 30.6 Å². The van der Waals surface area contributed by atoms with Gasteiger partial charge in [0.1, 0.15) is 0 Å². The fourth-order valence-electron chi connectivity index (χ4n) is 2.18. The molecule has 2 rings (SSSR count). The lowest BCUT2D eigenvalue weighted by molar-refractivity contribution is 0.623. The van der Waals surface area contributed by atoms with E-state index >= 15 is 0 Å². The van der Waals surface area contributed by atoms with Gasteiger partial charge < -0.3 is 5.73 Å². The Morgan fingerprint density at radius 3 is 3.00 bits per heavy atom. The molecule has 1 fully saturated rings. The van der Waals surface area contributed by atoms with Crippen LogP contribution in [0.15, 0.2) is 11.4 Å². The summed E-state index contributed by atoms with van der Waals surface area (Å²) in [6, 6.07) is 2.20. The number of thiophene rings is 1. The van der Waals surface area contributed by atoms with Gasteiger partial charge in [-0.25, -0.2) is 0 Å². The highest BCUT2D eigenvalue weighted by Gasteiger charge is 2.14. The molecule has 0 spiro atoms. The fourth-order valence-corrected chi connectivity index (χ4v) is 4.37. The number of hydrogen-bond acceptors (Lipinski definition) is 3. The first-order chi connectivity index (χ1) is 8.38. The Balaban J connectivity index is 1.73. The summed E-state index contributed by atoms with van der Waals surface area (Å²) in [5.41, 5.74) is 6.48. The normalized spacial score (nSPS) is 15.8. The van der Waals surface area contributed by atoms with Crippen molar-refractivity contribution in [3.05, 3.63) is 21.9 Å². The highest BCUT2D eigenvalue weighted by atomic mass is 32.2. The number of nitrogens with two attached hydrogens (primary N) is 1. The largest absolute Gasteiger partial charge is 0.320 e. The van der Waals surface area contributed by atoms with Gasteiger partial charge in [0.25, 0.3) is 0 Å². The third-order valence-electron chi connectivity index (χ3n) is 3.06. The lowest BCUT2D eigenvalue weighted by Crippen LogP contribution is -1.96. The number of hydrogen-bond donors (Lipinski definition) is 1. The van der Waals surface area contributed by atoms with Crippen molar-refractivity contribution in [1.82, 2.24) is 0 Å². The summed E-state index contributed by atoms with van der Waals surface area (Å²) in [4.78, 5) is 1.44. The van der Waals surface area contributed by atoms with Crippen LogP contribution in [0.5, 0.6) is 0 Å². The van der Waals surface area contributed by atoms with Crippen LogP contribution in [-0.4, -0.2) is 12.3 Å². The molecule has 0 amide bonds. The van der Waals surface area contributed by atoms with Crippen LogP contribution in [0, 0.1) is 17.8 Å². The van der Waals surface area contributed by atoms with E-state index in [4.69, 9.17) is 5.73 Å². The zero-order chi connectivity index (χ0) is 11.9. The zero-order valence-electron chi connectivity index (χ0n) is 10.1. The maximum atomic E-state index is 5.36. The fraction of sp³-hybridized carbons (Fsp3) is 0.571. The second-order valence-electron chi connectivity index (χ2n) is 4.47. The molecule has 2 N–H and O–H groups in total. The van der Waals surface area contributed by atoms with Crippen LogP contribution >= 0.6 is 23.1 Å². The zero-order valence-corrected chi connectivity index (χ0v) is 11.7. The van der Waals surface area contributed by atoms with Crippen molar-refractivity contribution in [2.24, 2.45) is 11.7 Å². The number of thioether (sulfide) groups is 1. The van der Waals surface area contributed by atoms with Crippen LogP contribution in [0.2, 0.25) is 0 Å². The van der Waals surface area contributed by atoms with E-state index in [1.807, 2.05) is 11.3 Å². The molecule has 0 unspecified atom stereocenters. The van der Waals surface area contributed by atoms with Crippen molar-refractivity contribution in [2.45, 2.75) is 31.4 Å². The second kappa shape index (κ2) is 7.10. The van der Waals surface area contributed by atoms with Crippen molar-refractivity contribution >= 4 is 23.1 Å². The summed E-state index contributed by atoms with van der Waals surface area (Å²) < 4.78 is 0. The quantitative estimate of drug-likeness (QED) is 0.844. The van der Waals surface area contributed by atoms with E-state index < -0.39 is 0 Å². The Kier molecular flexibility index (Phi) is 5.44. The molecule has 92 valence electrons. The summed E-state index contributed by atoms with van der Waals surface area (Å²) in [7, 11) is 0. The Hall–Kier alpha value is -0.430. The van der Waals surface area contributed by atoms with E-state index in [9.17, 15) is 0 Å². The average molecular weight is 265 g/mol. The highest BCUT2D eigenvalue weighted by Crippen LogP contribution is 2.29. The molecule has 1 nitrogen and oxygen atoms in total. The molecule has 0 atom stereocenters. The molecule has 0 aliphatic heterocycles. The summed E-state index contributed by atoms with van der Waals surface area (Å²) in [6.45, 7) is 0.446. The molecular weight excluding hydrogens is 246 g/mol. The van der Waals surface area contributed by atoms with Crippen LogP contribution in [0.3, 0.4) is 0 Å². The molecule has 3 heteroatoms. The minimum absolute atomic E-state index is 0.446. The van der Waals surface area contributed by atoms with E-state index in [-0.39, 0.29) is 0 Å². The minimum atomic E-state index is 0.446. The van der Waals surface area contributed by atoms with Crippen LogP contribution in [0.25, 0.3) is 0 Å². The van der Waals surface area contributed by atoms with Gasteiger partial charge in [-0.1, -0.05) is 24.7 Å². The lowest BCUT2D eigenvalue weighted by atomic mass is 10.1. The third-order valence-corrected chi connectivity index (χ3v) is 5.40. The average Bonchev–Trinajstić information content (AvgIpc) is 2.98. The van der Waals surface area contributed by atoms with Gasteiger partial charge in [-0.3, -0.25) is 0 Å². The molecule has 0 radical (unpaired) electrons. The van der Waals surface area contributed by atoms with Gasteiger partial charge in [-0.15, -0.1) is 11.3 Å². The number of rotatable bonds is 4. The summed E-state index contributed by atoms with van der Waals surface area (Å²) >= 11 is 3.90. The van der Waals surface area contributed by atoms with Crippen LogP contribution in [0.4, 0.5) is 0 Å². The van der Waals surface area contributed by atoms with Crippen LogP contribution < -0.4 is 5.73 Å². The van der Waals surface area contributed by atoms with Gasteiger partial charge >= 0.3 is 0 Å². The standard InChI is InChI=1S/C14H19NS2/c15-7-3-6-13-8-14(17-10-13)11-16-9-12-4-1-2-5-12/h8,10,12H,1-2,4-5,7,9,11,15H2. The maximum absolute atomic E-state index is 5.36. The molecule has 1 aliphatic carbocycles. The minimum Gasteiger partial charge on any atom is -0.320 e. The van der Waals surface area contributed by atoms with Crippen molar-refractivity contribution in [3.63, 3.8) is 0 Å². The molecule has 1 aliphatic rings. The van der Waals surface area contributed by atoms with E-state index in [0.717, 1.165) is 17.2 Å². The summed E-state index contributed by atoms with van der Waals surface area (Å²) in [5.74, 6) is 9.44. The summed E-state index contributed by atoms with van der Waals surface area (Å²) in [5, 5.41) is 2.13. The maximum Gasteiger partial charge on any atom is 0.0555 e. The van der Waals surface area contributed by atoms with Gasteiger partial charge in [0, 0.05) is 21.6 Å². The van der Waals surface area contributed by atoms with Gasteiger partial charge in [0.2, 0.25) is 0 Å². The smallest absolute Gasteiger partial charge is 0.0555 e. The molecule has 1 aromatic heterocycles. The third kappa shape index (κ3) is 4.39. The van der Waals surface area contributed by atoms with Crippen molar-refractivity contribution in [1.29, 1.82) is 0 Å². The Bertz CT molecular complexity index is 394. The monoisotopic (exact) mass is 265 g/mol. The van der Waals surface area contributed by atoms with Crippen molar-refractivity contribution < 1.29 is 0 Å². The van der Waals surface area contributed by atoms with Crippen molar-refractivity contribution in [3.8, 4) is 11.8 Å². The van der Waals surface area contributed by atoms with Crippen LogP contribution in [-0.2, 0) is 5.75 Å². The van der Waals surface area contributed by atoms with Crippen LogP contribution in [0.1, 0.15) is 36.1 Å². The predicted molar refractivity (Wildman–Crippen MR) is 78.4 cm³/mol. The molecule has 0 saturated heterocycles. The van der Waals surface area contributed by atoms with Gasteiger partial charge in [-0.2, -0.15) is 11.8 Å². The Labute approximate surface area is 112 Å². The topological polar surface area (TPSA) is 26.0 Å². The molecular formula is C14H19NS2. The predicted octanol–water partition coefficient (Wildman–Crippen LogP) is 3.48. The Morgan fingerprint density at radius 2 is 2.24 bits per heavy atom. The van der Waals surface area contributed by atoms with Gasteiger partial charge in [0.05, 0.1) is 6.54 Å². The van der Waals surface area contributed by atoms with Gasteiger partial charge in [0.15, 0.2) is 0 Å². The molecule has 1 heterocycles. The molecule has 0 aromatic carbocycles. The highest BCUT2D eigenvalue weighted by molar-refractivity contribution is 7.98. The molecule has 1 saturated carbocycles. The van der Waals surface area contributed by atoms with Crippen molar-refractivity contribution in [2.75, 3.05) is 12.3 Å². The second-order valence-corrected chi connectivity index (χ2v) is 6.50. The molecule has 1 aromatic rings. The lowest BCUT2D eigenvalue weighted by Gasteiger charge is -2.06. The van der Waals surface area contributed by atoms with E-state index in [0.29, 0.717) is 6.54 Å². The van der Waals surface area contributed by atoms with E-state index in [2.05, 4.69) is 35.0 Å². The molecule has 0 bridgehead atoms. The summed E-state index contributed by atoms with van der Waals surface area (Å²) in [6.07, 6.45) is 5.79. The Morgan fingerprint density at radius 1 is 1.41 bits per heavy atom. The molecule has 17 heavy (non-hydrogen) atoms. The SMILES string of the molecule is NCC#Cc1csc(CSCC2CCCC2)c1. The first-order valence-corrected chi connectivity index (χ1v) is 8.26.